The number of methoxy groups -OCH3 is 1. The number of aromatic nitrogens is 1. The van der Waals surface area contributed by atoms with Gasteiger partial charge in [-0.1, -0.05) is 12.1 Å². The van der Waals surface area contributed by atoms with Crippen LogP contribution in [-0.4, -0.2) is 17.2 Å². The Balaban J connectivity index is 1.94. The first-order valence-electron chi connectivity index (χ1n) is 6.42. The summed E-state index contributed by atoms with van der Waals surface area (Å²) in [5.41, 5.74) is 3.05. The second kappa shape index (κ2) is 6.34. The minimum absolute atomic E-state index is 0.512. The summed E-state index contributed by atoms with van der Waals surface area (Å²) in [4.78, 5) is 4.21. The predicted octanol–water partition coefficient (Wildman–Crippen LogP) is 3.06. The molecular formula is C16H19NO2. The SMILES string of the molecule is COc1ccc(CCC(O)c2cc(C)ccn2)cc1. The molecular weight excluding hydrogens is 238 g/mol. The van der Waals surface area contributed by atoms with E-state index in [-0.39, 0.29) is 0 Å². The molecule has 2 rings (SSSR count). The van der Waals surface area contributed by atoms with Crippen LogP contribution in [0.15, 0.2) is 42.6 Å². The first-order chi connectivity index (χ1) is 9.19. The summed E-state index contributed by atoms with van der Waals surface area (Å²) in [6, 6.07) is 11.8. The lowest BCUT2D eigenvalue weighted by atomic mass is 10.0. The lowest BCUT2D eigenvalue weighted by Gasteiger charge is -2.10. The number of nitrogens with zero attached hydrogens (tertiary/aromatic N) is 1. The lowest BCUT2D eigenvalue weighted by Crippen LogP contribution is -2.02. The Labute approximate surface area is 113 Å². The van der Waals surface area contributed by atoms with Gasteiger partial charge < -0.3 is 9.84 Å². The van der Waals surface area contributed by atoms with Gasteiger partial charge in [0.2, 0.25) is 0 Å². The third-order valence-electron chi connectivity index (χ3n) is 3.14. The van der Waals surface area contributed by atoms with Gasteiger partial charge in [0.05, 0.1) is 18.9 Å². The molecule has 1 unspecified atom stereocenters. The van der Waals surface area contributed by atoms with E-state index in [2.05, 4.69) is 4.98 Å². The molecule has 1 heterocycles. The van der Waals surface area contributed by atoms with Crippen LogP contribution in [0.5, 0.6) is 5.75 Å². The maximum Gasteiger partial charge on any atom is 0.118 e. The Bertz CT molecular complexity index is 523. The van der Waals surface area contributed by atoms with Crippen LogP contribution in [-0.2, 0) is 6.42 Å². The molecule has 0 spiro atoms. The molecule has 1 aromatic carbocycles. The number of benzene rings is 1. The monoisotopic (exact) mass is 257 g/mol. The van der Waals surface area contributed by atoms with Crippen molar-refractivity contribution in [1.82, 2.24) is 4.98 Å². The number of aliphatic hydroxyl groups excluding tert-OH is 1. The zero-order chi connectivity index (χ0) is 13.7. The third-order valence-corrected chi connectivity index (χ3v) is 3.14. The summed E-state index contributed by atoms with van der Waals surface area (Å²) >= 11 is 0. The second-order valence-electron chi connectivity index (χ2n) is 4.66. The number of aryl methyl sites for hydroxylation is 2. The third kappa shape index (κ3) is 3.80. The maximum absolute atomic E-state index is 10.1. The van der Waals surface area contributed by atoms with Crippen molar-refractivity contribution in [3.05, 3.63) is 59.4 Å². The van der Waals surface area contributed by atoms with Crippen molar-refractivity contribution in [3.63, 3.8) is 0 Å². The molecule has 0 radical (unpaired) electrons. The molecule has 1 aromatic heterocycles. The number of hydrogen-bond donors (Lipinski definition) is 1. The van der Waals surface area contributed by atoms with Gasteiger partial charge in [0.15, 0.2) is 0 Å². The fourth-order valence-corrected chi connectivity index (χ4v) is 1.99. The molecule has 0 saturated carbocycles. The molecule has 3 nitrogen and oxygen atoms in total. The Kier molecular flexibility index (Phi) is 4.53. The second-order valence-corrected chi connectivity index (χ2v) is 4.66. The number of ether oxygens (including phenoxy) is 1. The molecule has 2 aromatic rings. The van der Waals surface area contributed by atoms with Gasteiger partial charge in [0, 0.05) is 6.20 Å². The van der Waals surface area contributed by atoms with Crippen LogP contribution in [0.1, 0.15) is 29.3 Å². The highest BCUT2D eigenvalue weighted by atomic mass is 16.5. The Hall–Kier alpha value is -1.87. The van der Waals surface area contributed by atoms with Gasteiger partial charge >= 0.3 is 0 Å². The smallest absolute Gasteiger partial charge is 0.118 e. The van der Waals surface area contributed by atoms with Crippen LogP contribution in [0, 0.1) is 6.92 Å². The van der Waals surface area contributed by atoms with Crippen molar-refractivity contribution in [2.75, 3.05) is 7.11 Å². The van der Waals surface area contributed by atoms with Crippen molar-refractivity contribution in [2.45, 2.75) is 25.9 Å². The zero-order valence-electron chi connectivity index (χ0n) is 11.3. The Morgan fingerprint density at radius 3 is 2.58 bits per heavy atom. The number of pyridine rings is 1. The first kappa shape index (κ1) is 13.6. The van der Waals surface area contributed by atoms with Gasteiger partial charge in [-0.25, -0.2) is 0 Å². The van der Waals surface area contributed by atoms with Gasteiger partial charge in [0.1, 0.15) is 5.75 Å². The number of aliphatic hydroxyl groups is 1. The highest BCUT2D eigenvalue weighted by Gasteiger charge is 2.09. The summed E-state index contributed by atoms with van der Waals surface area (Å²) in [7, 11) is 1.65. The number of rotatable bonds is 5. The minimum atomic E-state index is -0.512. The van der Waals surface area contributed by atoms with Crippen LogP contribution in [0.3, 0.4) is 0 Å². The minimum Gasteiger partial charge on any atom is -0.497 e. The van der Waals surface area contributed by atoms with Crippen LogP contribution in [0.4, 0.5) is 0 Å². The van der Waals surface area contributed by atoms with Gasteiger partial charge in [-0.2, -0.15) is 0 Å². The molecule has 1 N–H and O–H groups in total. The molecule has 0 aliphatic rings. The van der Waals surface area contributed by atoms with E-state index >= 15 is 0 Å². The lowest BCUT2D eigenvalue weighted by molar-refractivity contribution is 0.163. The first-order valence-corrected chi connectivity index (χ1v) is 6.42. The molecule has 1 atom stereocenters. The molecule has 0 aliphatic carbocycles. The molecule has 0 bridgehead atoms. The van der Waals surface area contributed by atoms with Crippen LogP contribution < -0.4 is 4.74 Å². The average molecular weight is 257 g/mol. The van der Waals surface area contributed by atoms with Gasteiger partial charge in [-0.15, -0.1) is 0 Å². The largest absolute Gasteiger partial charge is 0.497 e. The van der Waals surface area contributed by atoms with Crippen molar-refractivity contribution in [3.8, 4) is 5.75 Å². The van der Waals surface area contributed by atoms with E-state index in [4.69, 9.17) is 4.74 Å². The maximum atomic E-state index is 10.1. The Morgan fingerprint density at radius 1 is 1.21 bits per heavy atom. The molecule has 0 saturated heterocycles. The van der Waals surface area contributed by atoms with E-state index in [9.17, 15) is 5.11 Å². The van der Waals surface area contributed by atoms with Crippen molar-refractivity contribution in [1.29, 1.82) is 0 Å². The highest BCUT2D eigenvalue weighted by Crippen LogP contribution is 2.19. The van der Waals surface area contributed by atoms with E-state index in [1.807, 2.05) is 43.3 Å². The van der Waals surface area contributed by atoms with Crippen molar-refractivity contribution >= 4 is 0 Å². The molecule has 0 aliphatic heterocycles. The molecule has 0 fully saturated rings. The molecule has 19 heavy (non-hydrogen) atoms. The van der Waals surface area contributed by atoms with Crippen molar-refractivity contribution in [2.24, 2.45) is 0 Å². The van der Waals surface area contributed by atoms with Gasteiger partial charge in [-0.05, 0) is 55.2 Å². The van der Waals surface area contributed by atoms with Crippen LogP contribution in [0.2, 0.25) is 0 Å². The van der Waals surface area contributed by atoms with Gasteiger partial charge in [-0.3, -0.25) is 4.98 Å². The summed E-state index contributed by atoms with van der Waals surface area (Å²) in [6.45, 7) is 2.00. The summed E-state index contributed by atoms with van der Waals surface area (Å²) < 4.78 is 5.12. The van der Waals surface area contributed by atoms with Gasteiger partial charge in [0.25, 0.3) is 0 Å². The highest BCUT2D eigenvalue weighted by molar-refractivity contribution is 5.27. The standard InChI is InChI=1S/C16H19NO2/c1-12-9-10-17-15(11-12)16(18)8-5-13-3-6-14(19-2)7-4-13/h3-4,6-7,9-11,16,18H,5,8H2,1-2H3. The van der Waals surface area contributed by atoms with Crippen LogP contribution >= 0.6 is 0 Å². The molecule has 100 valence electrons. The number of hydrogen-bond acceptors (Lipinski definition) is 3. The summed E-state index contributed by atoms with van der Waals surface area (Å²) in [5.74, 6) is 0.852. The van der Waals surface area contributed by atoms with Crippen molar-refractivity contribution < 1.29 is 9.84 Å². The van der Waals surface area contributed by atoms with Crippen LogP contribution in [0.25, 0.3) is 0 Å². The quantitative estimate of drug-likeness (QED) is 0.895. The average Bonchev–Trinajstić information content (AvgIpc) is 2.45. The zero-order valence-corrected chi connectivity index (χ0v) is 11.3. The predicted molar refractivity (Wildman–Crippen MR) is 75.2 cm³/mol. The van der Waals surface area contributed by atoms with E-state index in [1.165, 1.54) is 5.56 Å². The fraction of sp³-hybridized carbons (Fsp3) is 0.312. The molecule has 3 heteroatoms. The van der Waals surface area contributed by atoms with E-state index in [0.717, 1.165) is 23.4 Å². The summed E-state index contributed by atoms with van der Waals surface area (Å²) in [5, 5.41) is 10.1. The summed E-state index contributed by atoms with van der Waals surface area (Å²) in [6.07, 6.45) is 2.71. The van der Waals surface area contributed by atoms with E-state index < -0.39 is 6.10 Å². The van der Waals surface area contributed by atoms with E-state index in [1.54, 1.807) is 13.3 Å². The normalized spacial score (nSPS) is 12.2. The topological polar surface area (TPSA) is 42.4 Å². The van der Waals surface area contributed by atoms with E-state index in [0.29, 0.717) is 6.42 Å². The molecule has 0 amide bonds. The Morgan fingerprint density at radius 2 is 1.95 bits per heavy atom. The fourth-order valence-electron chi connectivity index (χ4n) is 1.99.